The number of H-pyrrole nitrogens is 1. The SMILES string of the molecule is C[C@H]1[C@@H](OCC(CO[C@H]2O[C@@H]3O[C@@]4(C)CC[C@H]5[C@H](C)CC[C@@H]([C@H]2C)[C@@]35OO4)NCCc2c[nH]c3ccccc23)OC2O[C@@]3(C)CC[C@H]4[C@H](C)CC[C@@H]1[C@@]24OO3. The zero-order chi connectivity index (χ0) is 37.7. The highest BCUT2D eigenvalue weighted by Crippen LogP contribution is 2.62. The summed E-state index contributed by atoms with van der Waals surface area (Å²) in [6.45, 7) is 14.6. The fourth-order valence-corrected chi connectivity index (χ4v) is 12.5. The lowest BCUT2D eigenvalue weighted by Crippen LogP contribution is -2.70. The predicted molar refractivity (Wildman–Crippen MR) is 199 cm³/mol. The van der Waals surface area contributed by atoms with E-state index in [4.69, 9.17) is 48.0 Å². The first kappa shape index (κ1) is 37.6. The molecule has 1 aromatic carbocycles. The van der Waals surface area contributed by atoms with Crippen LogP contribution in [0.3, 0.4) is 0 Å². The Bertz CT molecular complexity index is 1630. The minimum atomic E-state index is -0.830. The molecule has 0 amide bonds. The van der Waals surface area contributed by atoms with Gasteiger partial charge in [0.15, 0.2) is 36.4 Å². The molecular formula is C43H62N2O10. The molecule has 8 aliphatic heterocycles. The van der Waals surface area contributed by atoms with Gasteiger partial charge in [-0.1, -0.05) is 45.9 Å². The second-order valence-corrected chi connectivity index (χ2v) is 19.0. The van der Waals surface area contributed by atoms with E-state index in [9.17, 15) is 0 Å². The highest BCUT2D eigenvalue weighted by molar-refractivity contribution is 5.83. The van der Waals surface area contributed by atoms with Crippen molar-refractivity contribution in [2.75, 3.05) is 19.8 Å². The van der Waals surface area contributed by atoms with Crippen LogP contribution in [0.15, 0.2) is 30.5 Å². The first-order valence-corrected chi connectivity index (χ1v) is 21.4. The normalized spacial score (nSPS) is 49.2. The minimum absolute atomic E-state index is 0.0830. The van der Waals surface area contributed by atoms with Gasteiger partial charge in [-0.3, -0.25) is 0 Å². The molecule has 9 heterocycles. The van der Waals surface area contributed by atoms with E-state index in [0.29, 0.717) is 36.9 Å². The second-order valence-electron chi connectivity index (χ2n) is 19.0. The van der Waals surface area contributed by atoms with Crippen LogP contribution in [0.25, 0.3) is 10.9 Å². The molecule has 1 aromatic heterocycles. The van der Waals surface area contributed by atoms with Crippen molar-refractivity contribution in [3.63, 3.8) is 0 Å². The maximum Gasteiger partial charge on any atom is 0.201 e. The molecule has 10 aliphatic rings. The first-order chi connectivity index (χ1) is 26.5. The van der Waals surface area contributed by atoms with Crippen LogP contribution in [0.5, 0.6) is 0 Å². The van der Waals surface area contributed by atoms with Crippen molar-refractivity contribution >= 4 is 10.9 Å². The highest BCUT2D eigenvalue weighted by atomic mass is 17.3. The van der Waals surface area contributed by atoms with Gasteiger partial charge in [-0.25, -0.2) is 19.6 Å². The Hall–Kier alpha value is -1.68. The Morgan fingerprint density at radius 3 is 1.82 bits per heavy atom. The summed E-state index contributed by atoms with van der Waals surface area (Å²) in [7, 11) is 0. The summed E-state index contributed by atoms with van der Waals surface area (Å²) >= 11 is 0. The van der Waals surface area contributed by atoms with Crippen LogP contribution in [0.4, 0.5) is 0 Å². The molecule has 2 saturated carbocycles. The number of nitrogens with one attached hydrogen (secondary N) is 2. The van der Waals surface area contributed by atoms with E-state index in [1.165, 1.54) is 10.9 Å². The van der Waals surface area contributed by atoms with Gasteiger partial charge in [0.05, 0.1) is 19.3 Å². The van der Waals surface area contributed by atoms with Crippen molar-refractivity contribution < 1.29 is 48.0 Å². The van der Waals surface area contributed by atoms with Crippen molar-refractivity contribution in [3.8, 4) is 0 Å². The smallest absolute Gasteiger partial charge is 0.201 e. The zero-order valence-corrected chi connectivity index (χ0v) is 33.5. The molecule has 12 heteroatoms. The van der Waals surface area contributed by atoms with Crippen LogP contribution < -0.4 is 5.32 Å². The van der Waals surface area contributed by atoms with Crippen LogP contribution in [0.2, 0.25) is 0 Å². The lowest BCUT2D eigenvalue weighted by atomic mass is 9.58. The van der Waals surface area contributed by atoms with Crippen LogP contribution in [-0.4, -0.2) is 78.7 Å². The van der Waals surface area contributed by atoms with Crippen LogP contribution in [0, 0.1) is 47.3 Å². The summed E-state index contributed by atoms with van der Waals surface area (Å²) in [6.07, 6.45) is 8.86. The fraction of sp³-hybridized carbons (Fsp3) is 0.814. The number of rotatable bonds is 10. The topological polar surface area (TPSA) is 120 Å². The summed E-state index contributed by atoms with van der Waals surface area (Å²) < 4.78 is 40.5. The number of hydrogen-bond donors (Lipinski definition) is 2. The standard InChI is InChI=1S/C43H62N2O10/c1-24-11-13-33-26(3)36(48-38-42(33)31(24)15-18-40(5,50-38)52-54-42)46-22-29(44-20-17-28-21-45-35-10-8-7-9-30(28)35)23-47-37-27(4)34-14-12-25(2)32-16-19-41(6)51-39(49-37)43(32,34)55-53-41/h7-10,21,24-27,29,31-34,36-39,44-45H,11-20,22-23H2,1-6H3/t24-,25-,26-,27-,29?,31+,32+,33+,34+,36+,37+,38-,39?,40-,41-,42-,43-/m1/s1. The third kappa shape index (κ3) is 6.02. The predicted octanol–water partition coefficient (Wildman–Crippen LogP) is 7.12. The maximum atomic E-state index is 6.81. The average molecular weight is 767 g/mol. The molecule has 12 rings (SSSR count). The molecule has 12 nitrogen and oxygen atoms in total. The Labute approximate surface area is 325 Å². The third-order valence-corrected chi connectivity index (χ3v) is 15.6. The number of aromatic amines is 1. The molecule has 55 heavy (non-hydrogen) atoms. The lowest BCUT2D eigenvalue weighted by Gasteiger charge is -2.60. The molecule has 0 radical (unpaired) electrons. The second kappa shape index (κ2) is 14.0. The summed E-state index contributed by atoms with van der Waals surface area (Å²) in [6, 6.07) is 8.32. The van der Waals surface area contributed by atoms with Crippen LogP contribution in [-0.2, 0) is 54.4 Å². The van der Waals surface area contributed by atoms with E-state index < -0.39 is 47.9 Å². The molecular weight excluding hydrogens is 704 g/mol. The molecule has 17 atom stereocenters. The average Bonchev–Trinajstić information content (AvgIpc) is 3.25. The number of aromatic nitrogens is 1. The van der Waals surface area contributed by atoms with Gasteiger partial charge in [-0.2, -0.15) is 0 Å². The third-order valence-electron chi connectivity index (χ3n) is 15.6. The van der Waals surface area contributed by atoms with Crippen molar-refractivity contribution in [2.45, 2.75) is 153 Å². The Balaban J connectivity index is 0.862. The first-order valence-electron chi connectivity index (χ1n) is 21.4. The molecule has 2 aliphatic carbocycles. The van der Waals surface area contributed by atoms with Gasteiger partial charge >= 0.3 is 0 Å². The molecule has 4 bridgehead atoms. The number of para-hydroxylation sites is 1. The molecule has 2 unspecified atom stereocenters. The van der Waals surface area contributed by atoms with Crippen molar-refractivity contribution in [1.29, 1.82) is 0 Å². The quantitative estimate of drug-likeness (QED) is 0.241. The number of benzene rings is 1. The monoisotopic (exact) mass is 766 g/mol. The minimum Gasteiger partial charge on any atom is -0.361 e. The molecule has 304 valence electrons. The van der Waals surface area contributed by atoms with E-state index in [0.717, 1.165) is 69.8 Å². The van der Waals surface area contributed by atoms with Gasteiger partial charge in [-0.15, -0.1) is 0 Å². The van der Waals surface area contributed by atoms with Gasteiger partial charge in [0.1, 0.15) is 0 Å². The Morgan fingerprint density at radius 2 is 1.25 bits per heavy atom. The molecule has 2 N–H and O–H groups in total. The van der Waals surface area contributed by atoms with Gasteiger partial charge < -0.3 is 38.7 Å². The van der Waals surface area contributed by atoms with E-state index in [1.807, 2.05) is 13.8 Å². The number of ether oxygens (including phenoxy) is 6. The van der Waals surface area contributed by atoms with Gasteiger partial charge in [0.25, 0.3) is 0 Å². The Kier molecular flexibility index (Phi) is 9.54. The summed E-state index contributed by atoms with van der Waals surface area (Å²) in [5.74, 6) is 0.519. The largest absolute Gasteiger partial charge is 0.361 e. The highest BCUT2D eigenvalue weighted by Gasteiger charge is 2.71. The molecule has 8 saturated heterocycles. The van der Waals surface area contributed by atoms with Crippen LogP contribution >= 0.6 is 0 Å². The van der Waals surface area contributed by atoms with E-state index >= 15 is 0 Å². The van der Waals surface area contributed by atoms with Gasteiger partial charge in [-0.05, 0) is 101 Å². The molecule has 2 spiro atoms. The summed E-state index contributed by atoms with van der Waals surface area (Å²) in [4.78, 5) is 28.3. The summed E-state index contributed by atoms with van der Waals surface area (Å²) in [5, 5.41) is 5.05. The zero-order valence-electron chi connectivity index (χ0n) is 33.5. The van der Waals surface area contributed by atoms with Crippen molar-refractivity contribution in [1.82, 2.24) is 10.3 Å². The van der Waals surface area contributed by atoms with Gasteiger partial charge in [0, 0.05) is 53.6 Å². The summed E-state index contributed by atoms with van der Waals surface area (Å²) in [5.41, 5.74) is 1.18. The van der Waals surface area contributed by atoms with E-state index in [1.54, 1.807) is 0 Å². The fourth-order valence-electron chi connectivity index (χ4n) is 12.5. The van der Waals surface area contributed by atoms with E-state index in [2.05, 4.69) is 68.5 Å². The maximum absolute atomic E-state index is 6.81. The van der Waals surface area contributed by atoms with E-state index in [-0.39, 0.29) is 29.7 Å². The van der Waals surface area contributed by atoms with Crippen molar-refractivity contribution in [2.24, 2.45) is 47.3 Å². The van der Waals surface area contributed by atoms with Crippen LogP contribution in [0.1, 0.15) is 98.5 Å². The lowest BCUT2D eigenvalue weighted by molar-refractivity contribution is -0.577. The van der Waals surface area contributed by atoms with Gasteiger partial charge in [0.2, 0.25) is 11.6 Å². The number of fused-ring (bicyclic) bond motifs is 5. The van der Waals surface area contributed by atoms with Crippen molar-refractivity contribution in [3.05, 3.63) is 36.0 Å². The Morgan fingerprint density at radius 1 is 0.709 bits per heavy atom. The molecule has 2 aromatic rings. The molecule has 10 fully saturated rings. The number of hydrogen-bond acceptors (Lipinski definition) is 11.